The maximum atomic E-state index is 5.29. The van der Waals surface area contributed by atoms with E-state index in [1.54, 1.807) is 7.11 Å². The van der Waals surface area contributed by atoms with Crippen LogP contribution in [0.25, 0.3) is 0 Å². The van der Waals surface area contributed by atoms with Gasteiger partial charge in [-0.1, -0.05) is 39.3 Å². The summed E-state index contributed by atoms with van der Waals surface area (Å²) >= 11 is 0. The maximum Gasteiger partial charge on any atom is 0.119 e. The van der Waals surface area contributed by atoms with Gasteiger partial charge in [0.1, 0.15) is 5.75 Å². The summed E-state index contributed by atoms with van der Waals surface area (Å²) in [5.74, 6) is 1.67. The fourth-order valence-corrected chi connectivity index (χ4v) is 2.84. The minimum absolute atomic E-state index is 0.283. The van der Waals surface area contributed by atoms with Crippen LogP contribution in [0.1, 0.15) is 60.8 Å². The first-order valence-corrected chi connectivity index (χ1v) is 9.23. The molecule has 0 heterocycles. The second-order valence-electron chi connectivity index (χ2n) is 8.43. The lowest BCUT2D eigenvalue weighted by Crippen LogP contribution is -2.34. The van der Waals surface area contributed by atoms with Crippen molar-refractivity contribution < 1.29 is 4.74 Å². The molecule has 0 amide bonds. The zero-order valence-electron chi connectivity index (χ0n) is 16.9. The minimum atomic E-state index is 0.283. The van der Waals surface area contributed by atoms with Gasteiger partial charge in [0.2, 0.25) is 0 Å². The van der Waals surface area contributed by atoms with Gasteiger partial charge in [-0.3, -0.25) is 0 Å². The Balaban J connectivity index is 2.66. The van der Waals surface area contributed by atoms with Crippen LogP contribution in [0, 0.1) is 11.3 Å². The fraction of sp³-hybridized carbons (Fsp3) is 0.636. The summed E-state index contributed by atoms with van der Waals surface area (Å²) in [6.07, 6.45) is 6.06. The second kappa shape index (κ2) is 9.76. The molecule has 1 atom stereocenters. The monoisotopic (exact) mass is 331 g/mol. The molecule has 0 N–H and O–H groups in total. The van der Waals surface area contributed by atoms with E-state index in [1.165, 1.54) is 30.5 Å². The van der Waals surface area contributed by atoms with Crippen molar-refractivity contribution in [3.05, 3.63) is 35.9 Å². The van der Waals surface area contributed by atoms with E-state index in [0.717, 1.165) is 24.8 Å². The third-order valence-corrected chi connectivity index (χ3v) is 4.21. The maximum absolute atomic E-state index is 5.29. The van der Waals surface area contributed by atoms with Crippen LogP contribution in [-0.4, -0.2) is 20.2 Å². The zero-order valence-corrected chi connectivity index (χ0v) is 16.9. The number of hydrogen-bond donors (Lipinski definition) is 0. The molecule has 0 aromatic heterocycles. The summed E-state index contributed by atoms with van der Waals surface area (Å²) in [7, 11) is 1.72. The van der Waals surface area contributed by atoms with Gasteiger partial charge in [-0.15, -0.1) is 0 Å². The molecule has 0 spiro atoms. The van der Waals surface area contributed by atoms with Gasteiger partial charge in [0.25, 0.3) is 0 Å². The van der Waals surface area contributed by atoms with Crippen molar-refractivity contribution in [3.63, 3.8) is 0 Å². The number of hydrogen-bond acceptors (Lipinski definition) is 2. The van der Waals surface area contributed by atoms with E-state index >= 15 is 0 Å². The van der Waals surface area contributed by atoms with Gasteiger partial charge in [-0.2, -0.15) is 0 Å². The van der Waals surface area contributed by atoms with Gasteiger partial charge in [-0.25, -0.2) is 0 Å². The molecule has 1 rings (SSSR count). The zero-order chi connectivity index (χ0) is 18.2. The van der Waals surface area contributed by atoms with Gasteiger partial charge in [-0.05, 0) is 68.7 Å². The Bertz CT molecular complexity index is 492. The molecule has 0 radical (unpaired) electrons. The highest BCUT2D eigenvalue weighted by atomic mass is 16.5. The predicted octanol–water partition coefficient (Wildman–Crippen LogP) is 6.32. The molecule has 0 aliphatic carbocycles. The summed E-state index contributed by atoms with van der Waals surface area (Å²) in [6.45, 7) is 15.8. The van der Waals surface area contributed by atoms with Crippen molar-refractivity contribution in [1.82, 2.24) is 0 Å². The molecule has 0 saturated heterocycles. The molecule has 0 fully saturated rings. The Kier molecular flexibility index (Phi) is 8.38. The molecule has 2 nitrogen and oxygen atoms in total. The van der Waals surface area contributed by atoms with E-state index in [9.17, 15) is 0 Å². The van der Waals surface area contributed by atoms with Crippen molar-refractivity contribution >= 4 is 5.69 Å². The van der Waals surface area contributed by atoms with Gasteiger partial charge in [0.05, 0.1) is 7.11 Å². The smallest absolute Gasteiger partial charge is 0.119 e. The van der Waals surface area contributed by atoms with Crippen LogP contribution in [0.3, 0.4) is 0 Å². The number of benzene rings is 1. The summed E-state index contributed by atoms with van der Waals surface area (Å²) in [5, 5.41) is 0. The minimum Gasteiger partial charge on any atom is -0.497 e. The highest BCUT2D eigenvalue weighted by Gasteiger charge is 2.17. The Morgan fingerprint density at radius 3 is 2.25 bits per heavy atom. The van der Waals surface area contributed by atoms with Gasteiger partial charge < -0.3 is 9.64 Å². The molecule has 0 saturated carbocycles. The molecule has 24 heavy (non-hydrogen) atoms. The molecular formula is C22H37NO. The number of ether oxygens (including phenoxy) is 1. The lowest BCUT2D eigenvalue weighted by Gasteiger charge is -2.32. The van der Waals surface area contributed by atoms with E-state index in [0.29, 0.717) is 0 Å². The summed E-state index contributed by atoms with van der Waals surface area (Å²) in [4.78, 5) is 2.52. The quantitative estimate of drug-likeness (QED) is 0.491. The van der Waals surface area contributed by atoms with Crippen molar-refractivity contribution in [2.45, 2.75) is 60.8 Å². The fourth-order valence-electron chi connectivity index (χ4n) is 2.84. The first-order valence-electron chi connectivity index (χ1n) is 9.23. The topological polar surface area (TPSA) is 12.5 Å². The second-order valence-corrected chi connectivity index (χ2v) is 8.43. The molecule has 1 aromatic rings. The highest BCUT2D eigenvalue weighted by molar-refractivity contribution is 5.49. The normalized spacial score (nSPS) is 12.6. The van der Waals surface area contributed by atoms with Gasteiger partial charge >= 0.3 is 0 Å². The van der Waals surface area contributed by atoms with Gasteiger partial charge in [0, 0.05) is 18.8 Å². The lowest BCUT2D eigenvalue weighted by molar-refractivity contribution is 0.397. The van der Waals surface area contributed by atoms with Crippen molar-refractivity contribution in [2.75, 3.05) is 25.1 Å². The Morgan fingerprint density at radius 1 is 1.12 bits per heavy atom. The van der Waals surface area contributed by atoms with Crippen LogP contribution >= 0.6 is 0 Å². The molecule has 1 unspecified atom stereocenters. The van der Waals surface area contributed by atoms with E-state index in [-0.39, 0.29) is 5.41 Å². The Labute approximate surface area is 149 Å². The van der Waals surface area contributed by atoms with E-state index in [1.807, 2.05) is 0 Å². The third kappa shape index (κ3) is 8.42. The predicted molar refractivity (Wildman–Crippen MR) is 107 cm³/mol. The lowest BCUT2D eigenvalue weighted by atomic mass is 9.94. The van der Waals surface area contributed by atoms with E-state index < -0.39 is 0 Å². The Hall–Kier alpha value is -1.44. The average molecular weight is 332 g/mol. The largest absolute Gasteiger partial charge is 0.497 e. The van der Waals surface area contributed by atoms with E-state index in [4.69, 9.17) is 4.74 Å². The molecule has 0 aliphatic rings. The van der Waals surface area contributed by atoms with Crippen LogP contribution in [0.2, 0.25) is 0 Å². The standard InChI is InChI=1S/C22H37NO/c1-18(2)9-8-10-19(3)15-16-23(17-22(4,5)6)20-11-13-21(24-7)14-12-20/h9,11-14,19H,8,10,15-17H2,1-7H3. The summed E-state index contributed by atoms with van der Waals surface area (Å²) in [5.41, 5.74) is 3.00. The van der Waals surface area contributed by atoms with Crippen molar-refractivity contribution in [3.8, 4) is 5.75 Å². The first-order chi connectivity index (χ1) is 11.2. The van der Waals surface area contributed by atoms with E-state index in [2.05, 4.69) is 76.8 Å². The van der Waals surface area contributed by atoms with Crippen LogP contribution in [0.4, 0.5) is 5.69 Å². The molecule has 0 bridgehead atoms. The third-order valence-electron chi connectivity index (χ3n) is 4.21. The molecular weight excluding hydrogens is 294 g/mol. The Morgan fingerprint density at radius 2 is 1.75 bits per heavy atom. The van der Waals surface area contributed by atoms with Crippen LogP contribution < -0.4 is 9.64 Å². The SMILES string of the molecule is COc1ccc(N(CCC(C)CCC=C(C)C)CC(C)(C)C)cc1. The average Bonchev–Trinajstić information content (AvgIpc) is 2.50. The molecule has 136 valence electrons. The van der Waals surface area contributed by atoms with Crippen LogP contribution in [-0.2, 0) is 0 Å². The number of anilines is 1. The number of allylic oxidation sites excluding steroid dienone is 2. The van der Waals surface area contributed by atoms with Crippen molar-refractivity contribution in [1.29, 1.82) is 0 Å². The highest BCUT2D eigenvalue weighted by Crippen LogP contribution is 2.25. The van der Waals surface area contributed by atoms with Gasteiger partial charge in [0.15, 0.2) is 0 Å². The summed E-state index contributed by atoms with van der Waals surface area (Å²) in [6, 6.07) is 8.48. The summed E-state index contributed by atoms with van der Waals surface area (Å²) < 4.78 is 5.29. The number of methoxy groups -OCH3 is 1. The van der Waals surface area contributed by atoms with Crippen LogP contribution in [0.15, 0.2) is 35.9 Å². The molecule has 0 aliphatic heterocycles. The van der Waals surface area contributed by atoms with Crippen LogP contribution in [0.5, 0.6) is 5.75 Å². The number of rotatable bonds is 9. The van der Waals surface area contributed by atoms with Crippen molar-refractivity contribution in [2.24, 2.45) is 11.3 Å². The molecule has 1 aromatic carbocycles. The first kappa shape index (κ1) is 20.6. The molecule has 2 heteroatoms. The number of nitrogens with zero attached hydrogens (tertiary/aromatic N) is 1.